The summed E-state index contributed by atoms with van der Waals surface area (Å²) in [6, 6.07) is 6.72. The molecular weight excluding hydrogens is 282 g/mol. The van der Waals surface area contributed by atoms with E-state index in [0.29, 0.717) is 37.6 Å². The molecule has 1 aromatic rings. The summed E-state index contributed by atoms with van der Waals surface area (Å²) in [5.74, 6) is -0.401. The third-order valence-corrected chi connectivity index (χ3v) is 3.90. The number of anilines is 1. The summed E-state index contributed by atoms with van der Waals surface area (Å²) in [6.07, 6.45) is 0. The fourth-order valence-electron chi connectivity index (χ4n) is 2.14. The summed E-state index contributed by atoms with van der Waals surface area (Å²) in [4.78, 5) is 26.0. The van der Waals surface area contributed by atoms with Crippen LogP contribution in [0.1, 0.15) is 24.2 Å². The van der Waals surface area contributed by atoms with Crippen molar-refractivity contribution >= 4 is 17.5 Å². The number of amides is 2. The lowest BCUT2D eigenvalue weighted by atomic mass is 10.0. The minimum absolute atomic E-state index is 0.00914. The van der Waals surface area contributed by atoms with E-state index < -0.39 is 0 Å². The maximum atomic E-state index is 12.3. The number of nitrogens with two attached hydrogens (primary N) is 1. The predicted molar refractivity (Wildman–Crippen MR) is 84.6 cm³/mol. The first-order valence-corrected chi connectivity index (χ1v) is 7.52. The van der Waals surface area contributed by atoms with Gasteiger partial charge in [-0.15, -0.1) is 0 Å². The van der Waals surface area contributed by atoms with E-state index in [1.165, 1.54) is 0 Å². The minimum atomic E-state index is -0.269. The molecule has 0 spiro atoms. The summed E-state index contributed by atoms with van der Waals surface area (Å²) >= 11 is 0. The second-order valence-corrected chi connectivity index (χ2v) is 5.62. The Kier molecular flexibility index (Phi) is 5.51. The van der Waals surface area contributed by atoms with Crippen molar-refractivity contribution in [3.8, 4) is 0 Å². The average molecular weight is 305 g/mol. The number of nitrogens with zero attached hydrogens (tertiary/aromatic N) is 1. The van der Waals surface area contributed by atoms with Gasteiger partial charge in [0.25, 0.3) is 5.91 Å². The van der Waals surface area contributed by atoms with Crippen molar-refractivity contribution in [3.63, 3.8) is 0 Å². The van der Waals surface area contributed by atoms with Gasteiger partial charge < -0.3 is 20.7 Å². The smallest absolute Gasteiger partial charge is 0.254 e. The van der Waals surface area contributed by atoms with Crippen LogP contribution in [0, 0.1) is 5.92 Å². The van der Waals surface area contributed by atoms with Crippen LogP contribution >= 0.6 is 0 Å². The number of benzene rings is 1. The SMILES string of the molecule is CC(N)C(C)C(=O)Nc1ccc(C(=O)N2CCOCC2)cc1. The second kappa shape index (κ2) is 7.38. The van der Waals surface area contributed by atoms with E-state index in [-0.39, 0.29) is 23.8 Å². The third kappa shape index (κ3) is 4.05. The summed E-state index contributed by atoms with van der Waals surface area (Å²) < 4.78 is 5.24. The molecule has 6 nitrogen and oxygen atoms in total. The molecule has 2 unspecified atom stereocenters. The number of rotatable bonds is 4. The molecule has 3 N–H and O–H groups in total. The van der Waals surface area contributed by atoms with Crippen LogP contribution in [0.25, 0.3) is 0 Å². The van der Waals surface area contributed by atoms with Gasteiger partial charge in [0, 0.05) is 30.4 Å². The lowest BCUT2D eigenvalue weighted by molar-refractivity contribution is -0.119. The predicted octanol–water partition coefficient (Wildman–Crippen LogP) is 1.08. The van der Waals surface area contributed by atoms with Crippen molar-refractivity contribution < 1.29 is 14.3 Å². The topological polar surface area (TPSA) is 84.7 Å². The molecule has 2 rings (SSSR count). The van der Waals surface area contributed by atoms with Crippen molar-refractivity contribution in [3.05, 3.63) is 29.8 Å². The van der Waals surface area contributed by atoms with Gasteiger partial charge in [-0.3, -0.25) is 9.59 Å². The summed E-state index contributed by atoms with van der Waals surface area (Å²) in [5, 5.41) is 2.80. The summed E-state index contributed by atoms with van der Waals surface area (Å²) in [7, 11) is 0. The molecule has 0 bridgehead atoms. The van der Waals surface area contributed by atoms with E-state index in [9.17, 15) is 9.59 Å². The largest absolute Gasteiger partial charge is 0.378 e. The van der Waals surface area contributed by atoms with Gasteiger partial charge in [0.15, 0.2) is 0 Å². The van der Waals surface area contributed by atoms with Gasteiger partial charge in [-0.05, 0) is 31.2 Å². The molecule has 1 aliphatic rings. The highest BCUT2D eigenvalue weighted by Crippen LogP contribution is 2.14. The zero-order chi connectivity index (χ0) is 16.1. The highest BCUT2D eigenvalue weighted by Gasteiger charge is 2.19. The number of morpholine rings is 1. The van der Waals surface area contributed by atoms with Crippen molar-refractivity contribution in [2.75, 3.05) is 31.6 Å². The molecule has 2 amide bonds. The average Bonchev–Trinajstić information content (AvgIpc) is 2.54. The molecule has 0 radical (unpaired) electrons. The van der Waals surface area contributed by atoms with Crippen molar-refractivity contribution in [1.82, 2.24) is 4.90 Å². The summed E-state index contributed by atoms with van der Waals surface area (Å²) in [6.45, 7) is 5.97. The number of carbonyl (C=O) groups excluding carboxylic acids is 2. The van der Waals surface area contributed by atoms with Gasteiger partial charge in [-0.25, -0.2) is 0 Å². The molecule has 1 saturated heterocycles. The van der Waals surface area contributed by atoms with Crippen LogP contribution in [0.3, 0.4) is 0 Å². The highest BCUT2D eigenvalue weighted by atomic mass is 16.5. The molecule has 1 aliphatic heterocycles. The number of hydrogen-bond donors (Lipinski definition) is 2. The van der Waals surface area contributed by atoms with E-state index in [1.807, 2.05) is 0 Å². The molecule has 0 aromatic heterocycles. The monoisotopic (exact) mass is 305 g/mol. The number of carbonyl (C=O) groups is 2. The van der Waals surface area contributed by atoms with Gasteiger partial charge in [0.1, 0.15) is 0 Å². The second-order valence-electron chi connectivity index (χ2n) is 5.62. The molecule has 22 heavy (non-hydrogen) atoms. The fraction of sp³-hybridized carbons (Fsp3) is 0.500. The Morgan fingerprint density at radius 1 is 1.18 bits per heavy atom. The molecule has 6 heteroatoms. The van der Waals surface area contributed by atoms with Crippen LogP contribution in [0.2, 0.25) is 0 Å². The molecule has 2 atom stereocenters. The molecule has 1 heterocycles. The standard InChI is InChI=1S/C16H23N3O3/c1-11(12(2)17)15(20)18-14-5-3-13(4-6-14)16(21)19-7-9-22-10-8-19/h3-6,11-12H,7-10,17H2,1-2H3,(H,18,20). The lowest BCUT2D eigenvalue weighted by Crippen LogP contribution is -2.40. The van der Waals surface area contributed by atoms with Crippen molar-refractivity contribution in [2.45, 2.75) is 19.9 Å². The quantitative estimate of drug-likeness (QED) is 0.872. The zero-order valence-corrected chi connectivity index (χ0v) is 13.0. The van der Waals surface area contributed by atoms with E-state index in [4.69, 9.17) is 10.5 Å². The van der Waals surface area contributed by atoms with Gasteiger partial charge in [-0.2, -0.15) is 0 Å². The van der Waals surface area contributed by atoms with Gasteiger partial charge in [-0.1, -0.05) is 6.92 Å². The van der Waals surface area contributed by atoms with Crippen LogP contribution in [-0.4, -0.2) is 49.1 Å². The van der Waals surface area contributed by atoms with Gasteiger partial charge >= 0.3 is 0 Å². The molecular formula is C16H23N3O3. The molecule has 1 aromatic carbocycles. The Bertz CT molecular complexity index is 522. The Morgan fingerprint density at radius 3 is 2.32 bits per heavy atom. The van der Waals surface area contributed by atoms with Crippen LogP contribution in [0.15, 0.2) is 24.3 Å². The van der Waals surface area contributed by atoms with Gasteiger partial charge in [0.05, 0.1) is 19.1 Å². The third-order valence-electron chi connectivity index (χ3n) is 3.90. The molecule has 0 saturated carbocycles. The Labute approximate surface area is 130 Å². The maximum Gasteiger partial charge on any atom is 0.254 e. The fourth-order valence-corrected chi connectivity index (χ4v) is 2.14. The Balaban J connectivity index is 1.98. The first-order chi connectivity index (χ1) is 10.5. The van der Waals surface area contributed by atoms with Crippen LogP contribution in [0.5, 0.6) is 0 Å². The van der Waals surface area contributed by atoms with Gasteiger partial charge in [0.2, 0.25) is 5.91 Å². The van der Waals surface area contributed by atoms with Crippen molar-refractivity contribution in [1.29, 1.82) is 0 Å². The normalized spacial score (nSPS) is 17.7. The van der Waals surface area contributed by atoms with Crippen LogP contribution < -0.4 is 11.1 Å². The molecule has 1 fully saturated rings. The number of hydrogen-bond acceptors (Lipinski definition) is 4. The maximum absolute atomic E-state index is 12.3. The molecule has 0 aliphatic carbocycles. The van der Waals surface area contributed by atoms with Crippen molar-refractivity contribution in [2.24, 2.45) is 11.7 Å². The van der Waals surface area contributed by atoms with E-state index in [2.05, 4.69) is 5.32 Å². The van der Waals surface area contributed by atoms with E-state index >= 15 is 0 Å². The van der Waals surface area contributed by atoms with E-state index in [0.717, 1.165) is 0 Å². The minimum Gasteiger partial charge on any atom is -0.378 e. The Hall–Kier alpha value is -1.92. The zero-order valence-electron chi connectivity index (χ0n) is 13.0. The lowest BCUT2D eigenvalue weighted by Gasteiger charge is -2.26. The number of nitrogens with one attached hydrogen (secondary N) is 1. The van der Waals surface area contributed by atoms with E-state index in [1.54, 1.807) is 43.0 Å². The summed E-state index contributed by atoms with van der Waals surface area (Å²) in [5.41, 5.74) is 6.99. The number of ether oxygens (including phenoxy) is 1. The first kappa shape index (κ1) is 16.5. The highest BCUT2D eigenvalue weighted by molar-refractivity contribution is 5.96. The Morgan fingerprint density at radius 2 is 1.77 bits per heavy atom. The first-order valence-electron chi connectivity index (χ1n) is 7.52. The molecule has 120 valence electrons. The van der Waals surface area contributed by atoms with Crippen LogP contribution in [-0.2, 0) is 9.53 Å². The van der Waals surface area contributed by atoms with Crippen LogP contribution in [0.4, 0.5) is 5.69 Å².